The van der Waals surface area contributed by atoms with Crippen LogP contribution in [0, 0.1) is 5.82 Å². The second kappa shape index (κ2) is 8.48. The van der Waals surface area contributed by atoms with Gasteiger partial charge in [0.15, 0.2) is 5.16 Å². The van der Waals surface area contributed by atoms with Gasteiger partial charge < -0.3 is 10.3 Å². The fraction of sp³-hybridized carbons (Fsp3) is 0.0769. The first-order chi connectivity index (χ1) is 15.6. The lowest BCUT2D eigenvalue weighted by molar-refractivity contribution is 0.100. The molecular weight excluding hydrogens is 421 g/mol. The van der Waals surface area contributed by atoms with Gasteiger partial charge in [-0.15, -0.1) is 0 Å². The number of halogens is 1. The quantitative estimate of drug-likeness (QED) is 0.340. The molecule has 32 heavy (non-hydrogen) atoms. The molecule has 0 saturated heterocycles. The molecule has 0 aliphatic heterocycles. The Labute approximate surface area is 188 Å². The van der Waals surface area contributed by atoms with Crippen LogP contribution in [0.4, 0.5) is 4.39 Å². The molecule has 0 atom stereocenters. The zero-order chi connectivity index (χ0) is 22.1. The van der Waals surface area contributed by atoms with Gasteiger partial charge in [0.2, 0.25) is 5.91 Å². The van der Waals surface area contributed by atoms with Crippen LogP contribution in [0.1, 0.15) is 21.5 Å². The summed E-state index contributed by atoms with van der Waals surface area (Å²) in [7, 11) is 0. The summed E-state index contributed by atoms with van der Waals surface area (Å²) >= 11 is 1.63. The number of rotatable bonds is 6. The Balaban J connectivity index is 1.50. The number of nitrogens with zero attached hydrogens (tertiary/aromatic N) is 2. The van der Waals surface area contributed by atoms with Gasteiger partial charge in [0.05, 0.1) is 17.6 Å². The highest BCUT2D eigenvalue weighted by atomic mass is 32.2. The predicted octanol–water partition coefficient (Wildman–Crippen LogP) is 5.77. The number of carbonyl (C=O) groups excluding carboxylic acids is 1. The maximum Gasteiger partial charge on any atom is 0.248 e. The van der Waals surface area contributed by atoms with Crippen molar-refractivity contribution in [3.8, 4) is 0 Å². The van der Waals surface area contributed by atoms with E-state index in [-0.39, 0.29) is 5.82 Å². The Morgan fingerprint density at radius 1 is 0.906 bits per heavy atom. The summed E-state index contributed by atoms with van der Waals surface area (Å²) in [6.07, 6.45) is 0. The van der Waals surface area contributed by atoms with Crippen LogP contribution in [-0.2, 0) is 12.3 Å². The molecule has 158 valence electrons. The van der Waals surface area contributed by atoms with Crippen molar-refractivity contribution in [3.05, 3.63) is 107 Å². The van der Waals surface area contributed by atoms with Gasteiger partial charge in [-0.25, -0.2) is 9.37 Å². The second-order valence-corrected chi connectivity index (χ2v) is 8.59. The molecule has 1 aromatic heterocycles. The zero-order valence-electron chi connectivity index (χ0n) is 17.2. The average Bonchev–Trinajstić information content (AvgIpc) is 3.15. The molecule has 0 bridgehead atoms. The number of benzene rings is 4. The lowest BCUT2D eigenvalue weighted by atomic mass is 10.1. The van der Waals surface area contributed by atoms with Crippen molar-refractivity contribution in [2.75, 3.05) is 0 Å². The number of hydrogen-bond donors (Lipinski definition) is 1. The molecule has 0 fully saturated rings. The Morgan fingerprint density at radius 3 is 2.44 bits per heavy atom. The summed E-state index contributed by atoms with van der Waals surface area (Å²) < 4.78 is 15.5. The van der Waals surface area contributed by atoms with E-state index in [0.29, 0.717) is 17.6 Å². The number of imidazole rings is 1. The Morgan fingerprint density at radius 2 is 1.66 bits per heavy atom. The fourth-order valence-corrected chi connectivity index (χ4v) is 4.73. The van der Waals surface area contributed by atoms with E-state index in [9.17, 15) is 9.18 Å². The SMILES string of the molecule is NC(=O)c1ccc2c(c1)nc(SCc1ccc3ccccc3c1)n2Cc1ccc(F)cc1. The molecule has 0 spiro atoms. The molecule has 0 aliphatic carbocycles. The summed E-state index contributed by atoms with van der Waals surface area (Å²) in [5.74, 6) is 0.00635. The number of aromatic nitrogens is 2. The molecule has 0 aliphatic rings. The Bertz CT molecular complexity index is 1440. The maximum atomic E-state index is 13.4. The van der Waals surface area contributed by atoms with Crippen molar-refractivity contribution < 1.29 is 9.18 Å². The molecule has 4 aromatic carbocycles. The van der Waals surface area contributed by atoms with Crippen molar-refractivity contribution in [1.29, 1.82) is 0 Å². The van der Waals surface area contributed by atoms with Crippen molar-refractivity contribution in [1.82, 2.24) is 9.55 Å². The summed E-state index contributed by atoms with van der Waals surface area (Å²) in [5.41, 5.74) is 9.67. The van der Waals surface area contributed by atoms with Crippen LogP contribution < -0.4 is 5.73 Å². The number of amides is 1. The molecule has 6 heteroatoms. The number of hydrogen-bond acceptors (Lipinski definition) is 3. The summed E-state index contributed by atoms with van der Waals surface area (Å²) in [6, 6.07) is 26.5. The molecule has 1 amide bonds. The van der Waals surface area contributed by atoms with E-state index in [1.54, 1.807) is 36.0 Å². The molecular formula is C26H20FN3OS. The van der Waals surface area contributed by atoms with Crippen LogP contribution in [0.3, 0.4) is 0 Å². The Hall–Kier alpha value is -3.64. The van der Waals surface area contributed by atoms with Crippen LogP contribution >= 0.6 is 11.8 Å². The van der Waals surface area contributed by atoms with Gasteiger partial charge in [0.1, 0.15) is 5.82 Å². The average molecular weight is 442 g/mol. The third kappa shape index (κ3) is 4.09. The molecule has 5 aromatic rings. The first-order valence-electron chi connectivity index (χ1n) is 10.2. The van der Waals surface area contributed by atoms with Crippen LogP contribution in [0.5, 0.6) is 0 Å². The largest absolute Gasteiger partial charge is 0.366 e. The minimum atomic E-state index is -0.481. The lowest BCUT2D eigenvalue weighted by Gasteiger charge is -2.10. The lowest BCUT2D eigenvalue weighted by Crippen LogP contribution is -2.10. The number of primary amides is 1. The predicted molar refractivity (Wildman–Crippen MR) is 127 cm³/mol. The van der Waals surface area contributed by atoms with Gasteiger partial charge in [-0.1, -0.05) is 66.4 Å². The van der Waals surface area contributed by atoms with Gasteiger partial charge in [-0.05, 0) is 52.2 Å². The highest BCUT2D eigenvalue weighted by Crippen LogP contribution is 2.29. The van der Waals surface area contributed by atoms with Crippen molar-refractivity contribution in [3.63, 3.8) is 0 Å². The first kappa shape index (κ1) is 20.3. The van der Waals surface area contributed by atoms with Crippen LogP contribution in [0.25, 0.3) is 21.8 Å². The van der Waals surface area contributed by atoms with Gasteiger partial charge in [0, 0.05) is 11.3 Å². The minimum absolute atomic E-state index is 0.263. The molecule has 0 unspecified atom stereocenters. The summed E-state index contributed by atoms with van der Waals surface area (Å²) in [5, 5.41) is 3.25. The van der Waals surface area contributed by atoms with Crippen LogP contribution in [-0.4, -0.2) is 15.5 Å². The molecule has 5 rings (SSSR count). The molecule has 0 radical (unpaired) electrons. The van der Waals surface area contributed by atoms with Crippen molar-refractivity contribution in [2.24, 2.45) is 5.73 Å². The maximum absolute atomic E-state index is 13.4. The van der Waals surface area contributed by atoms with Crippen molar-refractivity contribution >= 4 is 39.5 Å². The van der Waals surface area contributed by atoms with Crippen LogP contribution in [0.15, 0.2) is 90.1 Å². The minimum Gasteiger partial charge on any atom is -0.366 e. The first-order valence-corrected chi connectivity index (χ1v) is 11.2. The van der Waals surface area contributed by atoms with E-state index >= 15 is 0 Å². The summed E-state index contributed by atoms with van der Waals surface area (Å²) in [6.45, 7) is 0.548. The van der Waals surface area contributed by atoms with Gasteiger partial charge in [0.25, 0.3) is 0 Å². The number of fused-ring (bicyclic) bond motifs is 2. The smallest absolute Gasteiger partial charge is 0.248 e. The van der Waals surface area contributed by atoms with E-state index in [1.807, 2.05) is 18.2 Å². The van der Waals surface area contributed by atoms with Crippen LogP contribution in [0.2, 0.25) is 0 Å². The number of thioether (sulfide) groups is 1. The third-order valence-corrected chi connectivity index (χ3v) is 6.48. The highest BCUT2D eigenvalue weighted by molar-refractivity contribution is 7.98. The van der Waals surface area contributed by atoms with Gasteiger partial charge >= 0.3 is 0 Å². The van der Waals surface area contributed by atoms with E-state index in [0.717, 1.165) is 22.0 Å². The second-order valence-electron chi connectivity index (χ2n) is 7.64. The van der Waals surface area contributed by atoms with E-state index in [4.69, 9.17) is 10.7 Å². The number of carbonyl (C=O) groups is 1. The van der Waals surface area contributed by atoms with E-state index in [2.05, 4.69) is 34.9 Å². The number of nitrogens with two attached hydrogens (primary N) is 1. The van der Waals surface area contributed by atoms with Gasteiger partial charge in [-0.3, -0.25) is 4.79 Å². The highest BCUT2D eigenvalue weighted by Gasteiger charge is 2.14. The third-order valence-electron chi connectivity index (χ3n) is 5.43. The standard InChI is InChI=1S/C26H20FN3OS/c27-22-10-6-17(7-11-22)15-30-24-12-9-21(25(28)31)14-23(24)29-26(30)32-16-18-5-8-19-3-1-2-4-20(19)13-18/h1-14H,15-16H2,(H2,28,31). The van der Waals surface area contributed by atoms with Gasteiger partial charge in [-0.2, -0.15) is 0 Å². The monoisotopic (exact) mass is 441 g/mol. The molecule has 4 nitrogen and oxygen atoms in total. The Kier molecular flexibility index (Phi) is 5.37. The van der Waals surface area contributed by atoms with Crippen molar-refractivity contribution in [2.45, 2.75) is 17.5 Å². The molecule has 2 N–H and O–H groups in total. The fourth-order valence-electron chi connectivity index (χ4n) is 3.77. The molecule has 0 saturated carbocycles. The topological polar surface area (TPSA) is 60.9 Å². The van der Waals surface area contributed by atoms with E-state index in [1.165, 1.54) is 28.5 Å². The van der Waals surface area contributed by atoms with E-state index < -0.39 is 5.91 Å². The zero-order valence-corrected chi connectivity index (χ0v) is 18.0. The normalized spacial score (nSPS) is 11.3. The summed E-state index contributed by atoms with van der Waals surface area (Å²) in [4.78, 5) is 16.4. The molecule has 1 heterocycles.